The fourth-order valence-electron chi connectivity index (χ4n) is 0.539. The molecule has 0 aromatic heterocycles. The number of allylic oxidation sites excluding steroid dienone is 1. The third-order valence-electron chi connectivity index (χ3n) is 1.12. The van der Waals surface area contributed by atoms with Crippen LogP contribution >= 0.6 is 0 Å². The van der Waals surface area contributed by atoms with Gasteiger partial charge in [-0.2, -0.15) is 0 Å². The van der Waals surface area contributed by atoms with Gasteiger partial charge in [0.1, 0.15) is 6.61 Å². The summed E-state index contributed by atoms with van der Waals surface area (Å²) in [7, 11) is 0. The number of ether oxygens (including phenoxy) is 1. The lowest BCUT2D eigenvalue weighted by molar-refractivity contribution is -0.142. The van der Waals surface area contributed by atoms with Gasteiger partial charge in [-0.05, 0) is 13.3 Å². The molecular formula is C9H14O2. The lowest BCUT2D eigenvalue weighted by Gasteiger charge is -2.00. The summed E-state index contributed by atoms with van der Waals surface area (Å²) in [6.07, 6.45) is 2.68. The zero-order valence-electron chi connectivity index (χ0n) is 6.93. The summed E-state index contributed by atoms with van der Waals surface area (Å²) in [5, 5.41) is 0. The lowest BCUT2D eigenvalue weighted by Crippen LogP contribution is -2.03. The van der Waals surface area contributed by atoms with Crippen molar-refractivity contribution >= 4 is 5.97 Å². The second-order valence-electron chi connectivity index (χ2n) is 2.43. The molecule has 0 rings (SSSR count). The van der Waals surface area contributed by atoms with Crippen molar-refractivity contribution in [3.63, 3.8) is 0 Å². The van der Waals surface area contributed by atoms with Gasteiger partial charge in [-0.15, -0.1) is 6.58 Å². The summed E-state index contributed by atoms with van der Waals surface area (Å²) < 4.78 is 4.74. The zero-order valence-corrected chi connectivity index (χ0v) is 6.93. The van der Waals surface area contributed by atoms with Crippen LogP contribution in [0.3, 0.4) is 0 Å². The quantitative estimate of drug-likeness (QED) is 0.447. The first-order chi connectivity index (χ1) is 5.16. The van der Waals surface area contributed by atoms with Crippen LogP contribution in [0.1, 0.15) is 19.8 Å². The predicted molar refractivity (Wildman–Crippen MR) is 45.2 cm³/mol. The molecule has 0 fully saturated rings. The van der Waals surface area contributed by atoms with Crippen molar-refractivity contribution in [2.45, 2.75) is 19.8 Å². The molecule has 11 heavy (non-hydrogen) atoms. The Bertz CT molecular complexity index is 159. The monoisotopic (exact) mass is 154 g/mol. The Hall–Kier alpha value is -1.05. The Morgan fingerprint density at radius 2 is 2.18 bits per heavy atom. The lowest BCUT2D eigenvalue weighted by atomic mass is 10.2. The average molecular weight is 154 g/mol. The van der Waals surface area contributed by atoms with Crippen LogP contribution in [0.15, 0.2) is 24.8 Å². The molecule has 0 saturated carbocycles. The fraction of sp³-hybridized carbons (Fsp3) is 0.444. The zero-order chi connectivity index (χ0) is 8.69. The fourth-order valence-corrected chi connectivity index (χ4v) is 0.539. The number of hydrogen-bond donors (Lipinski definition) is 0. The highest BCUT2D eigenvalue weighted by atomic mass is 16.5. The molecule has 0 spiro atoms. The normalized spacial score (nSPS) is 8.82. The van der Waals surface area contributed by atoms with E-state index in [1.54, 1.807) is 6.08 Å². The van der Waals surface area contributed by atoms with Crippen molar-refractivity contribution in [1.82, 2.24) is 0 Å². The second kappa shape index (κ2) is 5.71. The van der Waals surface area contributed by atoms with Gasteiger partial charge < -0.3 is 4.74 Å². The number of esters is 1. The number of rotatable bonds is 5. The van der Waals surface area contributed by atoms with E-state index in [9.17, 15) is 4.79 Å². The van der Waals surface area contributed by atoms with E-state index in [1.807, 2.05) is 6.92 Å². The molecule has 0 N–H and O–H groups in total. The molecule has 0 aliphatic heterocycles. The van der Waals surface area contributed by atoms with Crippen molar-refractivity contribution in [2.75, 3.05) is 6.61 Å². The smallest absolute Gasteiger partial charge is 0.306 e. The summed E-state index contributed by atoms with van der Waals surface area (Å²) in [5.74, 6) is -0.187. The molecule has 62 valence electrons. The van der Waals surface area contributed by atoms with Crippen LogP contribution in [0.25, 0.3) is 0 Å². The summed E-state index contributed by atoms with van der Waals surface area (Å²) in [6, 6.07) is 0. The van der Waals surface area contributed by atoms with Gasteiger partial charge in [-0.1, -0.05) is 18.2 Å². The maximum atomic E-state index is 10.8. The summed E-state index contributed by atoms with van der Waals surface area (Å²) in [4.78, 5) is 10.8. The Labute approximate surface area is 67.6 Å². The first kappa shape index (κ1) is 9.95. The van der Waals surface area contributed by atoms with Crippen molar-refractivity contribution in [3.8, 4) is 0 Å². The van der Waals surface area contributed by atoms with Crippen LogP contribution in [0, 0.1) is 0 Å². The molecule has 0 aromatic rings. The Kier molecular flexibility index (Phi) is 5.17. The highest BCUT2D eigenvalue weighted by Crippen LogP contribution is 2.01. The van der Waals surface area contributed by atoms with E-state index >= 15 is 0 Å². The molecule has 0 aromatic carbocycles. The number of carbonyl (C=O) groups is 1. The molecule has 0 unspecified atom stereocenters. The third kappa shape index (κ3) is 6.84. The van der Waals surface area contributed by atoms with Gasteiger partial charge in [0.2, 0.25) is 0 Å². The van der Waals surface area contributed by atoms with Crippen molar-refractivity contribution < 1.29 is 9.53 Å². The maximum Gasteiger partial charge on any atom is 0.306 e. The van der Waals surface area contributed by atoms with Crippen molar-refractivity contribution in [1.29, 1.82) is 0 Å². The molecular weight excluding hydrogens is 140 g/mol. The van der Waals surface area contributed by atoms with Crippen LogP contribution in [0.4, 0.5) is 0 Å². The van der Waals surface area contributed by atoms with Crippen LogP contribution in [0.5, 0.6) is 0 Å². The minimum Gasteiger partial charge on any atom is -0.461 e. The van der Waals surface area contributed by atoms with E-state index in [0.29, 0.717) is 19.4 Å². The molecule has 0 saturated heterocycles. The minimum atomic E-state index is -0.187. The molecule has 0 amide bonds. The van der Waals surface area contributed by atoms with Gasteiger partial charge >= 0.3 is 5.97 Å². The van der Waals surface area contributed by atoms with E-state index in [1.165, 1.54) is 0 Å². The van der Waals surface area contributed by atoms with Crippen LogP contribution in [-0.2, 0) is 9.53 Å². The SMILES string of the molecule is C=CCOC(=O)CCC(=C)C. The van der Waals surface area contributed by atoms with Gasteiger partial charge in [-0.25, -0.2) is 0 Å². The molecule has 0 atom stereocenters. The van der Waals surface area contributed by atoms with Gasteiger partial charge in [0.05, 0.1) is 0 Å². The average Bonchev–Trinajstić information content (AvgIpc) is 1.97. The molecule has 0 bridgehead atoms. The minimum absolute atomic E-state index is 0.187. The highest BCUT2D eigenvalue weighted by molar-refractivity contribution is 5.69. The second-order valence-corrected chi connectivity index (χ2v) is 2.43. The molecule has 0 radical (unpaired) electrons. The Morgan fingerprint density at radius 3 is 2.64 bits per heavy atom. The van der Waals surface area contributed by atoms with Gasteiger partial charge in [0.15, 0.2) is 0 Å². The first-order valence-corrected chi connectivity index (χ1v) is 3.57. The molecule has 0 aliphatic carbocycles. The van der Waals surface area contributed by atoms with Crippen molar-refractivity contribution in [3.05, 3.63) is 24.8 Å². The molecule has 2 heteroatoms. The predicted octanol–water partition coefficient (Wildman–Crippen LogP) is 2.07. The van der Waals surface area contributed by atoms with Crippen LogP contribution in [-0.4, -0.2) is 12.6 Å². The number of hydrogen-bond acceptors (Lipinski definition) is 2. The van der Waals surface area contributed by atoms with E-state index in [-0.39, 0.29) is 5.97 Å². The van der Waals surface area contributed by atoms with E-state index in [0.717, 1.165) is 5.57 Å². The molecule has 2 nitrogen and oxygen atoms in total. The topological polar surface area (TPSA) is 26.3 Å². The van der Waals surface area contributed by atoms with Crippen LogP contribution < -0.4 is 0 Å². The Morgan fingerprint density at radius 1 is 1.55 bits per heavy atom. The molecule has 0 aliphatic rings. The summed E-state index contributed by atoms with van der Waals surface area (Å²) in [5.41, 5.74) is 1.00. The van der Waals surface area contributed by atoms with E-state index < -0.39 is 0 Å². The third-order valence-corrected chi connectivity index (χ3v) is 1.12. The summed E-state index contributed by atoms with van der Waals surface area (Å²) >= 11 is 0. The largest absolute Gasteiger partial charge is 0.461 e. The van der Waals surface area contributed by atoms with Crippen LogP contribution in [0.2, 0.25) is 0 Å². The van der Waals surface area contributed by atoms with Gasteiger partial charge in [-0.3, -0.25) is 4.79 Å². The van der Waals surface area contributed by atoms with Crippen molar-refractivity contribution in [2.24, 2.45) is 0 Å². The standard InChI is InChI=1S/C9H14O2/c1-4-7-11-9(10)6-5-8(2)3/h4H,1-2,5-7H2,3H3. The van der Waals surface area contributed by atoms with Gasteiger partial charge in [0.25, 0.3) is 0 Å². The molecule has 0 heterocycles. The summed E-state index contributed by atoms with van der Waals surface area (Å²) in [6.45, 7) is 9.30. The van der Waals surface area contributed by atoms with E-state index in [4.69, 9.17) is 4.74 Å². The maximum absolute atomic E-state index is 10.8. The first-order valence-electron chi connectivity index (χ1n) is 3.57. The van der Waals surface area contributed by atoms with E-state index in [2.05, 4.69) is 13.2 Å². The highest BCUT2D eigenvalue weighted by Gasteiger charge is 1.99. The number of carbonyl (C=O) groups excluding carboxylic acids is 1. The Balaban J connectivity index is 3.37. The van der Waals surface area contributed by atoms with Gasteiger partial charge in [0, 0.05) is 6.42 Å².